The number of nitrogens with one attached hydrogen (secondary N) is 2. The van der Waals surface area contributed by atoms with Crippen LogP contribution < -0.4 is 10.9 Å². The van der Waals surface area contributed by atoms with Crippen LogP contribution in [0, 0.1) is 0 Å². The van der Waals surface area contributed by atoms with Crippen molar-refractivity contribution in [2.75, 3.05) is 0 Å². The fourth-order valence-corrected chi connectivity index (χ4v) is 3.91. The lowest BCUT2D eigenvalue weighted by atomic mass is 10.2. The quantitative estimate of drug-likeness (QED) is 0.670. The van der Waals surface area contributed by atoms with Crippen molar-refractivity contribution in [2.45, 2.75) is 23.8 Å². The number of hydrogen-bond acceptors (Lipinski definition) is 7. The third-order valence-electron chi connectivity index (χ3n) is 3.43. The highest BCUT2D eigenvalue weighted by Crippen LogP contribution is 2.32. The molecule has 0 aromatic carbocycles. The van der Waals surface area contributed by atoms with Crippen LogP contribution in [0.5, 0.6) is 0 Å². The van der Waals surface area contributed by atoms with Gasteiger partial charge in [-0.25, -0.2) is 5.43 Å². The van der Waals surface area contributed by atoms with Gasteiger partial charge >= 0.3 is 0 Å². The Balaban J connectivity index is 1.76. The Morgan fingerprint density at radius 2 is 2.19 bits per heavy atom. The van der Waals surface area contributed by atoms with Crippen LogP contribution in [0.3, 0.4) is 0 Å². The van der Waals surface area contributed by atoms with E-state index >= 15 is 0 Å². The minimum atomic E-state index is 0.114. The molecule has 1 saturated heterocycles. The molecule has 1 fully saturated rings. The number of aromatic nitrogens is 5. The van der Waals surface area contributed by atoms with Crippen molar-refractivity contribution in [3.63, 3.8) is 0 Å². The second-order valence-electron chi connectivity index (χ2n) is 4.87. The Morgan fingerprint density at radius 3 is 2.90 bits per heavy atom. The second kappa shape index (κ2) is 5.09. The lowest BCUT2D eigenvalue weighted by Crippen LogP contribution is -2.29. The van der Waals surface area contributed by atoms with Crippen molar-refractivity contribution in [3.05, 3.63) is 29.4 Å². The first-order chi connectivity index (χ1) is 10.2. The third-order valence-corrected chi connectivity index (χ3v) is 5.73. The number of fused-ring (bicyclic) bond motifs is 1. The standard InChI is InChI=1S/C12H12BrN7S/c1-6-8(13)9(16-15-6)11-19-20-10(17-18-12(20)21-11)7-4-2-3-5-14-7/h2-6,8-9,15-16H,1H3. The second-order valence-corrected chi connectivity index (χ2v) is 6.92. The minimum absolute atomic E-state index is 0.114. The zero-order chi connectivity index (χ0) is 14.4. The van der Waals surface area contributed by atoms with Gasteiger partial charge in [0.1, 0.15) is 10.7 Å². The van der Waals surface area contributed by atoms with Gasteiger partial charge in [0.05, 0.1) is 10.9 Å². The van der Waals surface area contributed by atoms with Crippen LogP contribution >= 0.6 is 27.3 Å². The molecule has 3 unspecified atom stereocenters. The van der Waals surface area contributed by atoms with Crippen LogP contribution in [-0.2, 0) is 0 Å². The summed E-state index contributed by atoms with van der Waals surface area (Å²) in [6, 6.07) is 6.15. The summed E-state index contributed by atoms with van der Waals surface area (Å²) < 4.78 is 1.76. The van der Waals surface area contributed by atoms with Crippen LogP contribution in [0.1, 0.15) is 18.0 Å². The highest BCUT2D eigenvalue weighted by molar-refractivity contribution is 9.09. The number of pyridine rings is 1. The van der Waals surface area contributed by atoms with Gasteiger partial charge in [-0.05, 0) is 19.1 Å². The van der Waals surface area contributed by atoms with E-state index in [1.54, 1.807) is 10.7 Å². The summed E-state index contributed by atoms with van der Waals surface area (Å²) in [7, 11) is 0. The van der Waals surface area contributed by atoms with Crippen LogP contribution in [-0.4, -0.2) is 35.7 Å². The van der Waals surface area contributed by atoms with E-state index in [1.807, 2.05) is 18.2 Å². The number of halogens is 1. The summed E-state index contributed by atoms with van der Waals surface area (Å²) in [6.45, 7) is 2.12. The van der Waals surface area contributed by atoms with Crippen LogP contribution in [0.4, 0.5) is 0 Å². The molecule has 21 heavy (non-hydrogen) atoms. The summed E-state index contributed by atoms with van der Waals surface area (Å²) in [4.78, 5) is 5.36. The lowest BCUT2D eigenvalue weighted by Gasteiger charge is -2.10. The van der Waals surface area contributed by atoms with Gasteiger partial charge < -0.3 is 0 Å². The maximum absolute atomic E-state index is 4.65. The molecule has 108 valence electrons. The predicted octanol–water partition coefficient (Wildman–Crippen LogP) is 1.55. The monoisotopic (exact) mass is 365 g/mol. The van der Waals surface area contributed by atoms with Gasteiger partial charge in [0.15, 0.2) is 0 Å². The average molecular weight is 366 g/mol. The summed E-state index contributed by atoms with van der Waals surface area (Å²) >= 11 is 5.23. The smallest absolute Gasteiger partial charge is 0.235 e. The van der Waals surface area contributed by atoms with Gasteiger partial charge in [0.25, 0.3) is 0 Å². The molecule has 0 amide bonds. The van der Waals surface area contributed by atoms with Gasteiger partial charge in [-0.2, -0.15) is 9.61 Å². The Labute approximate surface area is 132 Å². The summed E-state index contributed by atoms with van der Waals surface area (Å²) in [5.74, 6) is 0.665. The molecule has 9 heteroatoms. The lowest BCUT2D eigenvalue weighted by molar-refractivity contribution is 0.556. The molecule has 3 atom stereocenters. The van der Waals surface area contributed by atoms with Gasteiger partial charge in [-0.3, -0.25) is 10.4 Å². The zero-order valence-electron chi connectivity index (χ0n) is 11.1. The fourth-order valence-electron chi connectivity index (χ4n) is 2.28. The Morgan fingerprint density at radius 1 is 1.29 bits per heavy atom. The maximum Gasteiger partial charge on any atom is 0.235 e. The summed E-state index contributed by atoms with van der Waals surface area (Å²) in [5, 5.41) is 14.0. The first kappa shape index (κ1) is 13.3. The first-order valence-electron chi connectivity index (χ1n) is 6.53. The Bertz CT molecular complexity index is 770. The maximum atomic E-state index is 4.65. The van der Waals surface area contributed by atoms with E-state index < -0.39 is 0 Å². The molecule has 4 rings (SSSR count). The first-order valence-corrected chi connectivity index (χ1v) is 8.26. The van der Waals surface area contributed by atoms with E-state index in [2.05, 4.69) is 54.0 Å². The van der Waals surface area contributed by atoms with Gasteiger partial charge in [-0.15, -0.1) is 10.2 Å². The van der Waals surface area contributed by atoms with Crippen molar-refractivity contribution >= 4 is 32.2 Å². The molecular formula is C12H12BrN7S. The average Bonchev–Trinajstić information content (AvgIpc) is 3.15. The summed E-state index contributed by atoms with van der Waals surface area (Å²) in [6.07, 6.45) is 1.74. The van der Waals surface area contributed by atoms with E-state index in [-0.39, 0.29) is 10.9 Å². The molecule has 0 bridgehead atoms. The van der Waals surface area contributed by atoms with Gasteiger partial charge in [0, 0.05) is 12.2 Å². The molecule has 4 heterocycles. The molecule has 0 aliphatic carbocycles. The van der Waals surface area contributed by atoms with Crippen molar-refractivity contribution < 1.29 is 0 Å². The highest BCUT2D eigenvalue weighted by Gasteiger charge is 2.34. The topological polar surface area (TPSA) is 80.0 Å². The van der Waals surface area contributed by atoms with E-state index in [0.29, 0.717) is 11.9 Å². The largest absolute Gasteiger partial charge is 0.253 e. The van der Waals surface area contributed by atoms with Crippen LogP contribution in [0.25, 0.3) is 16.5 Å². The van der Waals surface area contributed by atoms with Crippen molar-refractivity contribution in [1.82, 2.24) is 35.6 Å². The molecule has 3 aromatic rings. The normalized spacial score (nSPS) is 25.7. The molecule has 0 radical (unpaired) electrons. The Hall–Kier alpha value is -1.42. The fraction of sp³-hybridized carbons (Fsp3) is 0.333. The molecule has 1 aliphatic heterocycles. The van der Waals surface area contributed by atoms with E-state index in [4.69, 9.17) is 0 Å². The number of alkyl halides is 1. The molecular weight excluding hydrogens is 354 g/mol. The van der Waals surface area contributed by atoms with Crippen molar-refractivity contribution in [2.24, 2.45) is 0 Å². The van der Waals surface area contributed by atoms with Crippen molar-refractivity contribution in [1.29, 1.82) is 0 Å². The number of rotatable bonds is 2. The highest BCUT2D eigenvalue weighted by atomic mass is 79.9. The van der Waals surface area contributed by atoms with Gasteiger partial charge in [-0.1, -0.05) is 33.3 Å². The van der Waals surface area contributed by atoms with E-state index in [9.17, 15) is 0 Å². The zero-order valence-corrected chi connectivity index (χ0v) is 13.5. The van der Waals surface area contributed by atoms with E-state index in [0.717, 1.165) is 15.7 Å². The van der Waals surface area contributed by atoms with Gasteiger partial charge in [0.2, 0.25) is 10.8 Å². The third kappa shape index (κ3) is 2.16. The van der Waals surface area contributed by atoms with Crippen molar-refractivity contribution in [3.8, 4) is 11.5 Å². The number of hydrazine groups is 1. The van der Waals surface area contributed by atoms with E-state index in [1.165, 1.54) is 11.3 Å². The molecule has 1 aliphatic rings. The van der Waals surface area contributed by atoms with Crippen LogP contribution in [0.15, 0.2) is 24.4 Å². The molecule has 0 saturated carbocycles. The minimum Gasteiger partial charge on any atom is -0.253 e. The Kier molecular flexibility index (Phi) is 3.21. The molecule has 0 spiro atoms. The van der Waals surface area contributed by atoms with Crippen LogP contribution in [0.2, 0.25) is 0 Å². The number of hydrogen-bond donors (Lipinski definition) is 2. The summed E-state index contributed by atoms with van der Waals surface area (Å²) in [5.41, 5.74) is 7.24. The predicted molar refractivity (Wildman–Crippen MR) is 83.1 cm³/mol. The SMILES string of the molecule is CC1NNC(c2nn3c(-c4ccccn4)nnc3s2)C1Br. The molecule has 7 nitrogen and oxygen atoms in total. The number of nitrogens with zero attached hydrogens (tertiary/aromatic N) is 5. The molecule has 3 aromatic heterocycles. The molecule has 2 N–H and O–H groups in total.